The molecule has 3 N–H and O–H groups in total. The van der Waals surface area contributed by atoms with E-state index in [4.69, 9.17) is 5.73 Å². The average Bonchev–Trinajstić information content (AvgIpc) is 2.62. The lowest BCUT2D eigenvalue weighted by Crippen LogP contribution is -2.36. The Labute approximate surface area is 152 Å². The third-order valence-electron chi connectivity index (χ3n) is 3.69. The van der Waals surface area contributed by atoms with Gasteiger partial charge >= 0.3 is 0 Å². The van der Waals surface area contributed by atoms with Crippen molar-refractivity contribution < 1.29 is 9.59 Å². The van der Waals surface area contributed by atoms with Crippen LogP contribution in [-0.4, -0.2) is 11.8 Å². The molecule has 0 atom stereocenters. The maximum Gasteiger partial charge on any atom is 0.277 e. The molecule has 132 valence electrons. The van der Waals surface area contributed by atoms with Gasteiger partial charge in [0, 0.05) is 25.4 Å². The molecule has 2 rings (SSSR count). The Morgan fingerprint density at radius 1 is 1.15 bits per heavy atom. The van der Waals surface area contributed by atoms with Gasteiger partial charge in [-0.3, -0.25) is 9.59 Å². The van der Waals surface area contributed by atoms with Gasteiger partial charge < -0.3 is 11.1 Å². The number of hydrogen-bond donors (Lipinski definition) is 2. The fraction of sp³-hybridized carbons (Fsp3) is 0.150. The summed E-state index contributed by atoms with van der Waals surface area (Å²) in [5, 5.41) is 12.3. The molecule has 0 saturated heterocycles. The predicted molar refractivity (Wildman–Crippen MR) is 101 cm³/mol. The van der Waals surface area contributed by atoms with Gasteiger partial charge in [0.25, 0.3) is 5.91 Å². The first kappa shape index (κ1) is 18.7. The van der Waals surface area contributed by atoms with E-state index in [0.717, 1.165) is 16.0 Å². The van der Waals surface area contributed by atoms with Crippen LogP contribution in [0.5, 0.6) is 0 Å². The topological polar surface area (TPSA) is 99.2 Å². The molecule has 2 amide bonds. The van der Waals surface area contributed by atoms with Gasteiger partial charge in [-0.25, -0.2) is 4.90 Å². The Bertz CT molecular complexity index is 862. The van der Waals surface area contributed by atoms with Gasteiger partial charge in [-0.1, -0.05) is 29.8 Å². The molecule has 0 unspecified atom stereocenters. The minimum Gasteiger partial charge on any atom is -0.399 e. The summed E-state index contributed by atoms with van der Waals surface area (Å²) >= 11 is 0. The van der Waals surface area contributed by atoms with Crippen LogP contribution in [0.2, 0.25) is 0 Å². The van der Waals surface area contributed by atoms with Crippen LogP contribution in [-0.2, 0) is 16.1 Å². The second kappa shape index (κ2) is 8.49. The lowest BCUT2D eigenvalue weighted by Gasteiger charge is -2.19. The van der Waals surface area contributed by atoms with Crippen LogP contribution in [0, 0.1) is 18.3 Å². The van der Waals surface area contributed by atoms with E-state index in [-0.39, 0.29) is 5.57 Å². The molecule has 0 aliphatic carbocycles. The summed E-state index contributed by atoms with van der Waals surface area (Å²) < 4.78 is 0. The minimum absolute atomic E-state index is 0.163. The Balaban J connectivity index is 2.16. The van der Waals surface area contributed by atoms with Crippen molar-refractivity contribution in [2.45, 2.75) is 20.4 Å². The van der Waals surface area contributed by atoms with Crippen molar-refractivity contribution in [3.8, 4) is 6.07 Å². The number of nitrogen functional groups attached to an aromatic ring is 1. The number of nitrogens with two attached hydrogens (primary N) is 1. The number of hydrogen-bond acceptors (Lipinski definition) is 5. The zero-order valence-corrected chi connectivity index (χ0v) is 14.7. The first-order valence-electron chi connectivity index (χ1n) is 8.02. The highest BCUT2D eigenvalue weighted by atomic mass is 16.2. The second-order valence-corrected chi connectivity index (χ2v) is 5.79. The van der Waals surface area contributed by atoms with Crippen LogP contribution in [0.25, 0.3) is 0 Å². The Kier molecular flexibility index (Phi) is 6.12. The van der Waals surface area contributed by atoms with Crippen LogP contribution in [0.1, 0.15) is 18.1 Å². The number of imide groups is 1. The van der Waals surface area contributed by atoms with Gasteiger partial charge in [-0.2, -0.15) is 5.26 Å². The number of anilines is 2. The molecule has 0 radical (unpaired) electrons. The van der Waals surface area contributed by atoms with Gasteiger partial charge in [-0.05, 0) is 36.8 Å². The molecule has 6 heteroatoms. The standard InChI is InChI=1S/C20H20N4O2/c1-14-3-5-16(6-4-14)12-23-13-17(11-21)20(26)24(15(2)25)19-9-7-18(22)8-10-19/h3-10,13,23H,12,22H2,1-2H3/b17-13-. The van der Waals surface area contributed by atoms with E-state index in [1.165, 1.54) is 13.1 Å². The van der Waals surface area contributed by atoms with Crippen molar-refractivity contribution in [3.05, 3.63) is 71.4 Å². The number of aryl methyl sites for hydroxylation is 1. The quantitative estimate of drug-likeness (QED) is 0.492. The molecule has 0 bridgehead atoms. The number of rotatable bonds is 5. The average molecular weight is 348 g/mol. The lowest BCUT2D eigenvalue weighted by atomic mass is 10.1. The van der Waals surface area contributed by atoms with Gasteiger partial charge in [-0.15, -0.1) is 0 Å². The van der Waals surface area contributed by atoms with Crippen molar-refractivity contribution in [1.29, 1.82) is 5.26 Å². The molecule has 0 fully saturated rings. The largest absolute Gasteiger partial charge is 0.399 e. The number of nitriles is 1. The summed E-state index contributed by atoms with van der Waals surface area (Å²) in [6.07, 6.45) is 1.33. The normalized spacial score (nSPS) is 10.7. The van der Waals surface area contributed by atoms with Crippen molar-refractivity contribution in [3.63, 3.8) is 0 Å². The Hall–Kier alpha value is -3.59. The summed E-state index contributed by atoms with van der Waals surface area (Å²) in [5.41, 5.74) is 8.51. The predicted octanol–water partition coefficient (Wildman–Crippen LogP) is 2.65. The van der Waals surface area contributed by atoms with E-state index in [1.807, 2.05) is 37.3 Å². The third-order valence-corrected chi connectivity index (χ3v) is 3.69. The summed E-state index contributed by atoms with van der Waals surface area (Å²) in [6.45, 7) is 3.72. The van der Waals surface area contributed by atoms with E-state index in [1.54, 1.807) is 24.3 Å². The van der Waals surface area contributed by atoms with Gasteiger partial charge in [0.1, 0.15) is 11.6 Å². The molecular formula is C20H20N4O2. The highest BCUT2D eigenvalue weighted by molar-refractivity contribution is 6.21. The minimum atomic E-state index is -0.693. The molecule has 0 aliphatic heterocycles. The SMILES string of the molecule is CC(=O)N(C(=O)/C(C#N)=C\NCc1ccc(C)cc1)c1ccc(N)cc1. The molecule has 2 aromatic rings. The number of nitrogens with zero attached hydrogens (tertiary/aromatic N) is 2. The number of carbonyl (C=O) groups excluding carboxylic acids is 2. The highest BCUT2D eigenvalue weighted by Crippen LogP contribution is 2.18. The van der Waals surface area contributed by atoms with Gasteiger partial charge in [0.2, 0.25) is 5.91 Å². The smallest absolute Gasteiger partial charge is 0.277 e. The van der Waals surface area contributed by atoms with E-state index in [9.17, 15) is 14.9 Å². The molecule has 0 saturated carbocycles. The molecular weight excluding hydrogens is 328 g/mol. The summed E-state index contributed by atoms with van der Waals surface area (Å²) in [4.78, 5) is 25.5. The van der Waals surface area contributed by atoms with Crippen molar-refractivity contribution >= 4 is 23.2 Å². The molecule has 6 nitrogen and oxygen atoms in total. The molecule has 0 spiro atoms. The number of nitrogens with one attached hydrogen (secondary N) is 1. The van der Waals surface area contributed by atoms with Crippen LogP contribution in [0.15, 0.2) is 60.3 Å². The summed E-state index contributed by atoms with van der Waals surface area (Å²) in [5.74, 6) is -1.18. The van der Waals surface area contributed by atoms with Crippen LogP contribution >= 0.6 is 0 Å². The first-order valence-corrected chi connectivity index (χ1v) is 8.02. The fourth-order valence-corrected chi connectivity index (χ4v) is 2.30. The van der Waals surface area contributed by atoms with E-state index < -0.39 is 11.8 Å². The number of benzene rings is 2. The molecule has 0 aliphatic rings. The fourth-order valence-electron chi connectivity index (χ4n) is 2.30. The molecule has 0 aromatic heterocycles. The van der Waals surface area contributed by atoms with Gasteiger partial charge in [0.05, 0.1) is 5.69 Å². The Morgan fingerprint density at radius 2 is 1.77 bits per heavy atom. The Morgan fingerprint density at radius 3 is 2.31 bits per heavy atom. The first-order chi connectivity index (χ1) is 12.4. The second-order valence-electron chi connectivity index (χ2n) is 5.79. The van der Waals surface area contributed by atoms with Crippen LogP contribution in [0.4, 0.5) is 11.4 Å². The van der Waals surface area contributed by atoms with Crippen LogP contribution < -0.4 is 16.0 Å². The maximum atomic E-state index is 12.6. The maximum absolute atomic E-state index is 12.6. The highest BCUT2D eigenvalue weighted by Gasteiger charge is 2.23. The van der Waals surface area contributed by atoms with Crippen molar-refractivity contribution in [2.24, 2.45) is 0 Å². The van der Waals surface area contributed by atoms with E-state index in [2.05, 4.69) is 5.32 Å². The monoisotopic (exact) mass is 348 g/mol. The number of carbonyl (C=O) groups is 2. The van der Waals surface area contributed by atoms with E-state index >= 15 is 0 Å². The van der Waals surface area contributed by atoms with Gasteiger partial charge in [0.15, 0.2) is 0 Å². The summed E-state index contributed by atoms with van der Waals surface area (Å²) in [7, 11) is 0. The van der Waals surface area contributed by atoms with E-state index in [0.29, 0.717) is 17.9 Å². The number of amides is 2. The molecule has 2 aromatic carbocycles. The van der Waals surface area contributed by atoms with Crippen molar-refractivity contribution in [2.75, 3.05) is 10.6 Å². The lowest BCUT2D eigenvalue weighted by molar-refractivity contribution is -0.123. The zero-order valence-electron chi connectivity index (χ0n) is 14.7. The molecule has 26 heavy (non-hydrogen) atoms. The van der Waals surface area contributed by atoms with Crippen LogP contribution in [0.3, 0.4) is 0 Å². The molecule has 0 heterocycles. The third kappa shape index (κ3) is 4.71. The van der Waals surface area contributed by atoms with Crippen molar-refractivity contribution in [1.82, 2.24) is 5.32 Å². The zero-order chi connectivity index (χ0) is 19.1. The summed E-state index contributed by atoms with van der Waals surface area (Å²) in [6, 6.07) is 16.0.